The first-order chi connectivity index (χ1) is 4.47. The Morgan fingerprint density at radius 1 is 1.33 bits per heavy atom. The van der Waals surface area contributed by atoms with Gasteiger partial charge in [-0.25, -0.2) is 0 Å². The largest absolute Gasteiger partial charge is 0.280 e. The Morgan fingerprint density at radius 2 is 2.22 bits per heavy atom. The molecule has 0 spiro atoms. The predicted octanol–water partition coefficient (Wildman–Crippen LogP) is 1.88. The highest BCUT2D eigenvalue weighted by Gasteiger charge is 2.25. The van der Waals surface area contributed by atoms with Gasteiger partial charge in [0.15, 0.2) is 0 Å². The fraction of sp³-hybridized carbons (Fsp3) is 0.571. The Kier molecular flexibility index (Phi) is 1.34. The lowest BCUT2D eigenvalue weighted by atomic mass is 10.1. The Bertz CT molecular complexity index is 181. The van der Waals surface area contributed by atoms with Gasteiger partial charge in [0.2, 0.25) is 0 Å². The minimum absolute atomic E-state index is 1.22. The average molecular weight is 139 g/mol. The van der Waals surface area contributed by atoms with Crippen LogP contribution in [0.5, 0.6) is 0 Å². The third kappa shape index (κ3) is 0.917. The van der Waals surface area contributed by atoms with E-state index in [1.807, 2.05) is 17.3 Å². The van der Waals surface area contributed by atoms with Gasteiger partial charge in [-0.1, -0.05) is 0 Å². The highest BCUT2D eigenvalue weighted by Crippen LogP contribution is 2.32. The topological polar surface area (TPSA) is 14.1 Å². The zero-order valence-corrected chi connectivity index (χ0v) is 6.08. The Labute approximate surface area is 59.2 Å². The van der Waals surface area contributed by atoms with Crippen LogP contribution in [-0.4, -0.2) is 5.55 Å². The number of hydrogen-bond acceptors (Lipinski definition) is 2. The molecule has 2 aliphatic rings. The van der Waals surface area contributed by atoms with E-state index in [1.54, 1.807) is 0 Å². The van der Waals surface area contributed by atoms with E-state index in [0.29, 0.717) is 0 Å². The molecule has 2 heteroatoms. The molecule has 0 atom stereocenters. The van der Waals surface area contributed by atoms with Gasteiger partial charge in [0.25, 0.3) is 11.2 Å². The van der Waals surface area contributed by atoms with Gasteiger partial charge in [-0.05, 0) is 31.0 Å². The van der Waals surface area contributed by atoms with Crippen LogP contribution in [0.2, 0.25) is 0 Å². The van der Waals surface area contributed by atoms with E-state index in [9.17, 15) is 0 Å². The number of thioether (sulfide) groups is 1. The van der Waals surface area contributed by atoms with Crippen LogP contribution in [0.15, 0.2) is 10.6 Å². The van der Waals surface area contributed by atoms with E-state index in [4.69, 9.17) is 0 Å². The van der Waals surface area contributed by atoms with Crippen LogP contribution >= 0.6 is 11.8 Å². The second kappa shape index (κ2) is 2.18. The zero-order chi connectivity index (χ0) is 6.10. The summed E-state index contributed by atoms with van der Waals surface area (Å²) in [7, 11) is 0. The highest BCUT2D eigenvalue weighted by atomic mass is 32.2. The van der Waals surface area contributed by atoms with Crippen molar-refractivity contribution in [3.63, 3.8) is 0 Å². The van der Waals surface area contributed by atoms with Crippen molar-refractivity contribution in [1.29, 1.82) is 0 Å². The predicted molar refractivity (Wildman–Crippen MR) is 41.3 cm³/mol. The smallest absolute Gasteiger partial charge is 0.0479 e. The highest BCUT2D eigenvalue weighted by molar-refractivity contribution is 8.15. The zero-order valence-electron chi connectivity index (χ0n) is 5.26. The van der Waals surface area contributed by atoms with Crippen LogP contribution in [0.4, 0.5) is 0 Å². The van der Waals surface area contributed by atoms with Gasteiger partial charge in [-0.3, -0.25) is 0 Å². The average Bonchev–Trinajstić information content (AvgIpc) is 2.33. The number of aliphatic imine (C=N–C) groups is 1. The molecule has 0 amide bonds. The molecule has 0 fully saturated rings. The van der Waals surface area contributed by atoms with E-state index in [-0.39, 0.29) is 0 Å². The summed E-state index contributed by atoms with van der Waals surface area (Å²) >= 11 is 1.81. The normalized spacial score (nSPS) is 24.9. The molecule has 0 aromatic carbocycles. The van der Waals surface area contributed by atoms with Crippen molar-refractivity contribution in [2.75, 3.05) is 0 Å². The molecule has 1 aliphatic carbocycles. The van der Waals surface area contributed by atoms with E-state index in [2.05, 4.69) is 4.99 Å². The van der Waals surface area contributed by atoms with Crippen LogP contribution < -0.4 is 4.99 Å². The molecule has 0 saturated carbocycles. The summed E-state index contributed by atoms with van der Waals surface area (Å²) in [6.07, 6.45) is 5.21. The lowest BCUT2D eigenvalue weighted by Crippen LogP contribution is -1.95. The van der Waals surface area contributed by atoms with Crippen LogP contribution in [0.1, 0.15) is 25.7 Å². The number of hydrogen-bond donors (Lipinski definition) is 0. The minimum atomic E-state index is 1.22. The van der Waals surface area contributed by atoms with Gasteiger partial charge in [0, 0.05) is 6.42 Å². The molecule has 1 nitrogen and oxygen atoms in total. The summed E-state index contributed by atoms with van der Waals surface area (Å²) in [5.41, 5.74) is 3.34. The van der Waals surface area contributed by atoms with Gasteiger partial charge in [-0.2, -0.15) is 0 Å². The summed E-state index contributed by atoms with van der Waals surface area (Å²) < 4.78 is 0. The van der Waals surface area contributed by atoms with Gasteiger partial charge in [0.05, 0.1) is 9.90 Å². The van der Waals surface area contributed by atoms with Gasteiger partial charge < -0.3 is 0 Å². The van der Waals surface area contributed by atoms with E-state index < -0.39 is 0 Å². The van der Waals surface area contributed by atoms with Crippen LogP contribution in [0, 0.1) is 0 Å². The molecule has 0 saturated heterocycles. The molecule has 1 aliphatic heterocycles. The summed E-state index contributed by atoms with van der Waals surface area (Å²) in [5, 5.41) is 0. The van der Waals surface area contributed by atoms with Gasteiger partial charge in [0.1, 0.15) is 0 Å². The summed E-state index contributed by atoms with van der Waals surface area (Å²) in [5.74, 6) is 0. The van der Waals surface area contributed by atoms with Crippen molar-refractivity contribution in [2.45, 2.75) is 25.7 Å². The lowest BCUT2D eigenvalue weighted by Gasteiger charge is -2.03. The van der Waals surface area contributed by atoms with Crippen molar-refractivity contribution in [3.05, 3.63) is 10.6 Å². The Morgan fingerprint density at radius 3 is 3.11 bits per heavy atom. The maximum Gasteiger partial charge on any atom is 0.280 e. The monoisotopic (exact) mass is 139 g/mol. The van der Waals surface area contributed by atoms with E-state index in [0.717, 1.165) is 0 Å². The van der Waals surface area contributed by atoms with Crippen molar-refractivity contribution in [1.82, 2.24) is 4.99 Å². The van der Waals surface area contributed by atoms with Crippen molar-refractivity contribution in [3.8, 4) is 0 Å². The molecule has 0 unspecified atom stereocenters. The van der Waals surface area contributed by atoms with Crippen LogP contribution in [-0.2, 0) is 0 Å². The molecular formula is C7H9NS+. The molecule has 0 aromatic rings. The molecule has 1 heterocycles. The third-order valence-corrected chi connectivity index (χ3v) is 2.73. The molecule has 2 rings (SSSR count). The molecular weight excluding hydrogens is 130 g/mol. The number of nitrogens with zero attached hydrogens (tertiary/aromatic N) is 1. The Hall–Kier alpha value is -0.240. The SMILES string of the molecule is C1=[N+]C2=C(CCCC2)S1. The standard InChI is InChI=1S/C7H9NS/c1-2-4-7-6(3-1)8-5-9-7/h5H,1-4H2/q+1. The number of allylic oxidation sites excluding steroid dienone is 2. The fourth-order valence-corrected chi connectivity index (χ4v) is 2.14. The molecule has 1 radical (unpaired) electrons. The summed E-state index contributed by atoms with van der Waals surface area (Å²) in [4.78, 5) is 5.80. The number of rotatable bonds is 0. The maximum atomic E-state index is 4.28. The van der Waals surface area contributed by atoms with Gasteiger partial charge >= 0.3 is 0 Å². The van der Waals surface area contributed by atoms with Crippen LogP contribution in [0.3, 0.4) is 0 Å². The van der Waals surface area contributed by atoms with Crippen molar-refractivity contribution in [2.24, 2.45) is 0 Å². The first kappa shape index (κ1) is 5.54. The van der Waals surface area contributed by atoms with Crippen molar-refractivity contribution < 1.29 is 0 Å². The third-order valence-electron chi connectivity index (χ3n) is 1.79. The van der Waals surface area contributed by atoms with E-state index >= 15 is 0 Å². The van der Waals surface area contributed by atoms with Crippen molar-refractivity contribution >= 4 is 17.3 Å². The Balaban J connectivity index is 2.24. The molecule has 9 heavy (non-hydrogen) atoms. The van der Waals surface area contributed by atoms with Gasteiger partial charge in [-0.15, -0.1) is 0 Å². The summed E-state index contributed by atoms with van der Waals surface area (Å²) in [6.45, 7) is 0. The second-order valence-electron chi connectivity index (χ2n) is 2.43. The van der Waals surface area contributed by atoms with E-state index in [1.165, 1.54) is 36.3 Å². The second-order valence-corrected chi connectivity index (χ2v) is 3.37. The first-order valence-electron chi connectivity index (χ1n) is 3.38. The molecule has 47 valence electrons. The lowest BCUT2D eigenvalue weighted by molar-refractivity contribution is 0.682. The summed E-state index contributed by atoms with van der Waals surface area (Å²) in [6, 6.07) is 0. The molecule has 0 aromatic heterocycles. The van der Waals surface area contributed by atoms with Crippen LogP contribution in [0.25, 0.3) is 0 Å². The molecule has 0 N–H and O–H groups in total. The minimum Gasteiger partial charge on any atom is -0.0479 e. The fourth-order valence-electron chi connectivity index (χ4n) is 1.28. The quantitative estimate of drug-likeness (QED) is 0.500. The first-order valence-corrected chi connectivity index (χ1v) is 4.26. The molecule has 0 bridgehead atoms. The maximum absolute atomic E-state index is 4.28.